The Bertz CT molecular complexity index is 404. The Morgan fingerprint density at radius 1 is 1.29 bits per heavy atom. The molecule has 1 aromatic carbocycles. The predicted octanol–water partition coefficient (Wildman–Crippen LogP) is 1.07. The monoisotopic (exact) mass is 234 g/mol. The lowest BCUT2D eigenvalue weighted by Gasteiger charge is -2.31. The molecular formula is C13H18N2O2. The van der Waals surface area contributed by atoms with Gasteiger partial charge in [0.25, 0.3) is 0 Å². The average Bonchev–Trinajstić information content (AvgIpc) is 2.71. The first kappa shape index (κ1) is 10.9. The van der Waals surface area contributed by atoms with Crippen LogP contribution < -0.4 is 14.8 Å². The van der Waals surface area contributed by atoms with Crippen LogP contribution in [-0.4, -0.2) is 38.4 Å². The van der Waals surface area contributed by atoms with E-state index in [1.807, 2.05) is 6.07 Å². The van der Waals surface area contributed by atoms with Crippen LogP contribution in [0.2, 0.25) is 0 Å². The van der Waals surface area contributed by atoms with Gasteiger partial charge in [0.05, 0.1) is 0 Å². The van der Waals surface area contributed by atoms with Gasteiger partial charge in [-0.25, -0.2) is 0 Å². The summed E-state index contributed by atoms with van der Waals surface area (Å²) in [5.41, 5.74) is 1.28. The summed E-state index contributed by atoms with van der Waals surface area (Å²) in [6.45, 7) is 4.79. The number of fused-ring (bicyclic) bond motifs is 1. The lowest BCUT2D eigenvalue weighted by atomic mass is 10.0. The van der Waals surface area contributed by atoms with Crippen molar-refractivity contribution < 1.29 is 9.47 Å². The molecule has 3 rings (SSSR count). The first-order chi connectivity index (χ1) is 8.31. The molecule has 2 aliphatic rings. The van der Waals surface area contributed by atoms with E-state index in [0.29, 0.717) is 6.79 Å². The Morgan fingerprint density at radius 2 is 2.12 bits per heavy atom. The second kappa shape index (κ2) is 4.55. The number of hydrogen-bond donors (Lipinski definition) is 1. The molecule has 4 nitrogen and oxygen atoms in total. The molecule has 0 atom stereocenters. The summed E-state index contributed by atoms with van der Waals surface area (Å²) in [5.74, 6) is 2.55. The first-order valence-corrected chi connectivity index (χ1v) is 6.09. The van der Waals surface area contributed by atoms with Crippen molar-refractivity contribution in [2.45, 2.75) is 6.54 Å². The van der Waals surface area contributed by atoms with Crippen molar-refractivity contribution in [3.8, 4) is 11.5 Å². The molecule has 17 heavy (non-hydrogen) atoms. The van der Waals surface area contributed by atoms with Crippen molar-refractivity contribution in [2.24, 2.45) is 5.92 Å². The van der Waals surface area contributed by atoms with Crippen LogP contribution in [0.1, 0.15) is 5.56 Å². The van der Waals surface area contributed by atoms with Crippen LogP contribution in [0, 0.1) is 5.92 Å². The summed E-state index contributed by atoms with van der Waals surface area (Å²) >= 11 is 0. The lowest BCUT2D eigenvalue weighted by molar-refractivity contribution is 0.174. The van der Waals surface area contributed by atoms with Crippen molar-refractivity contribution in [1.82, 2.24) is 10.2 Å². The second-order valence-corrected chi connectivity index (χ2v) is 4.91. The van der Waals surface area contributed by atoms with Gasteiger partial charge >= 0.3 is 0 Å². The highest BCUT2D eigenvalue weighted by Gasteiger charge is 2.19. The molecule has 92 valence electrons. The van der Waals surface area contributed by atoms with Gasteiger partial charge in [-0.05, 0) is 30.7 Å². The van der Waals surface area contributed by atoms with Crippen LogP contribution in [-0.2, 0) is 6.54 Å². The molecule has 0 spiro atoms. The van der Waals surface area contributed by atoms with Crippen LogP contribution in [0.4, 0.5) is 0 Å². The topological polar surface area (TPSA) is 33.7 Å². The number of ether oxygens (including phenoxy) is 2. The fraction of sp³-hybridized carbons (Fsp3) is 0.538. The molecule has 2 heterocycles. The molecule has 0 radical (unpaired) electrons. The summed E-state index contributed by atoms with van der Waals surface area (Å²) in [7, 11) is 2.17. The Labute approximate surface area is 102 Å². The highest BCUT2D eigenvalue weighted by atomic mass is 16.7. The molecule has 4 heteroatoms. The zero-order valence-electron chi connectivity index (χ0n) is 10.1. The van der Waals surface area contributed by atoms with E-state index in [0.717, 1.165) is 43.6 Å². The van der Waals surface area contributed by atoms with Gasteiger partial charge in [-0.1, -0.05) is 6.07 Å². The average molecular weight is 234 g/mol. The number of benzene rings is 1. The fourth-order valence-electron chi connectivity index (χ4n) is 2.33. The Kier molecular flexibility index (Phi) is 2.91. The maximum Gasteiger partial charge on any atom is 0.231 e. The van der Waals surface area contributed by atoms with E-state index in [-0.39, 0.29) is 0 Å². The van der Waals surface area contributed by atoms with Crippen molar-refractivity contribution in [3.05, 3.63) is 23.8 Å². The van der Waals surface area contributed by atoms with E-state index in [1.54, 1.807) is 0 Å². The van der Waals surface area contributed by atoms with Gasteiger partial charge in [0.15, 0.2) is 11.5 Å². The molecule has 0 unspecified atom stereocenters. The highest BCUT2D eigenvalue weighted by Crippen LogP contribution is 2.32. The first-order valence-electron chi connectivity index (χ1n) is 6.09. The third-order valence-electron chi connectivity index (χ3n) is 3.33. The molecule has 0 amide bonds. The molecule has 1 saturated heterocycles. The van der Waals surface area contributed by atoms with Crippen molar-refractivity contribution in [1.29, 1.82) is 0 Å². The fourth-order valence-corrected chi connectivity index (χ4v) is 2.33. The number of hydrogen-bond acceptors (Lipinski definition) is 4. The van der Waals surface area contributed by atoms with Crippen LogP contribution in [0.5, 0.6) is 11.5 Å². The molecule has 0 aliphatic carbocycles. The van der Waals surface area contributed by atoms with Crippen LogP contribution in [0.25, 0.3) is 0 Å². The molecule has 1 fully saturated rings. The minimum Gasteiger partial charge on any atom is -0.454 e. The molecule has 0 aromatic heterocycles. The number of nitrogens with zero attached hydrogens (tertiary/aromatic N) is 1. The second-order valence-electron chi connectivity index (χ2n) is 4.91. The summed E-state index contributed by atoms with van der Waals surface area (Å²) in [4.78, 5) is 2.36. The standard InChI is InChI=1S/C13H18N2O2/c1-15(8-11-5-14-6-11)7-10-2-3-12-13(4-10)17-9-16-12/h2-4,11,14H,5-9H2,1H3. The Hall–Kier alpha value is -1.26. The van der Waals surface area contributed by atoms with Gasteiger partial charge in [-0.2, -0.15) is 0 Å². The Morgan fingerprint density at radius 3 is 2.88 bits per heavy atom. The molecule has 1 aromatic rings. The van der Waals surface area contributed by atoms with E-state index in [4.69, 9.17) is 9.47 Å². The molecular weight excluding hydrogens is 216 g/mol. The van der Waals surface area contributed by atoms with Crippen molar-refractivity contribution >= 4 is 0 Å². The summed E-state index contributed by atoms with van der Waals surface area (Å²) < 4.78 is 10.7. The van der Waals surface area contributed by atoms with E-state index < -0.39 is 0 Å². The van der Waals surface area contributed by atoms with E-state index in [2.05, 4.69) is 29.4 Å². The minimum absolute atomic E-state index is 0.350. The van der Waals surface area contributed by atoms with Gasteiger partial charge in [0.1, 0.15) is 0 Å². The third-order valence-corrected chi connectivity index (χ3v) is 3.33. The maximum absolute atomic E-state index is 5.38. The third kappa shape index (κ3) is 2.37. The molecule has 1 N–H and O–H groups in total. The van der Waals surface area contributed by atoms with Gasteiger partial charge < -0.3 is 19.7 Å². The lowest BCUT2D eigenvalue weighted by Crippen LogP contribution is -2.47. The van der Waals surface area contributed by atoms with E-state index in [1.165, 1.54) is 5.56 Å². The summed E-state index contributed by atoms with van der Waals surface area (Å²) in [6, 6.07) is 6.19. The van der Waals surface area contributed by atoms with Crippen LogP contribution >= 0.6 is 0 Å². The maximum atomic E-state index is 5.38. The van der Waals surface area contributed by atoms with E-state index in [9.17, 15) is 0 Å². The molecule has 2 aliphatic heterocycles. The summed E-state index contributed by atoms with van der Waals surface area (Å²) in [5, 5.41) is 3.30. The van der Waals surface area contributed by atoms with Gasteiger partial charge in [-0.3, -0.25) is 0 Å². The number of nitrogens with one attached hydrogen (secondary N) is 1. The van der Waals surface area contributed by atoms with Crippen LogP contribution in [0.15, 0.2) is 18.2 Å². The molecule has 0 bridgehead atoms. The Balaban J connectivity index is 1.60. The van der Waals surface area contributed by atoms with E-state index >= 15 is 0 Å². The zero-order valence-corrected chi connectivity index (χ0v) is 10.1. The van der Waals surface area contributed by atoms with Gasteiger partial charge in [-0.15, -0.1) is 0 Å². The quantitative estimate of drug-likeness (QED) is 0.845. The van der Waals surface area contributed by atoms with Gasteiger partial charge in [0.2, 0.25) is 6.79 Å². The summed E-state index contributed by atoms with van der Waals surface area (Å²) in [6.07, 6.45) is 0. The van der Waals surface area contributed by atoms with Crippen molar-refractivity contribution in [3.63, 3.8) is 0 Å². The highest BCUT2D eigenvalue weighted by molar-refractivity contribution is 5.44. The minimum atomic E-state index is 0.350. The SMILES string of the molecule is CN(Cc1ccc2c(c1)OCO2)CC1CNC1. The number of rotatable bonds is 4. The zero-order chi connectivity index (χ0) is 11.7. The van der Waals surface area contributed by atoms with Gasteiger partial charge in [0, 0.05) is 26.2 Å². The molecule has 0 saturated carbocycles. The smallest absolute Gasteiger partial charge is 0.231 e. The van der Waals surface area contributed by atoms with Crippen LogP contribution in [0.3, 0.4) is 0 Å². The predicted molar refractivity (Wildman–Crippen MR) is 65.3 cm³/mol. The van der Waals surface area contributed by atoms with Crippen molar-refractivity contribution in [2.75, 3.05) is 33.5 Å². The normalized spacial score (nSPS) is 18.5. The largest absolute Gasteiger partial charge is 0.454 e.